The minimum absolute atomic E-state index is 0. The van der Waals surface area contributed by atoms with Crippen LogP contribution in [0.4, 0.5) is 16.0 Å². The van der Waals surface area contributed by atoms with Crippen molar-refractivity contribution in [2.24, 2.45) is 0 Å². The summed E-state index contributed by atoms with van der Waals surface area (Å²) in [6.45, 7) is -2.59. The summed E-state index contributed by atoms with van der Waals surface area (Å²) in [5, 5.41) is 41.7. The second-order valence-corrected chi connectivity index (χ2v) is 18.4. The number of nitrogens with two attached hydrogens (primary N) is 2. The van der Waals surface area contributed by atoms with Crippen molar-refractivity contribution in [1.82, 2.24) is 39.0 Å². The number of halogens is 1. The van der Waals surface area contributed by atoms with Gasteiger partial charge in [-0.2, -0.15) is 0 Å². The number of ether oxygens (including phenoxy) is 2. The van der Waals surface area contributed by atoms with Crippen molar-refractivity contribution in [3.8, 4) is 0 Å². The summed E-state index contributed by atoms with van der Waals surface area (Å²) in [5.41, 5.74) is 7.08. The number of aromatic nitrogens is 8. The van der Waals surface area contributed by atoms with Crippen LogP contribution in [0.25, 0.3) is 22.3 Å². The maximum absolute atomic E-state index is 14.8. The standard InChI is InChI=1S/C21H29FN10O18P4.4Na/c22-21(51(37,38)49-53(41,42)45-1-7-11(33)13(35)19(47-7)31-5-29-9-15(23)25-3-27-17(9)31)52(39,40)50-54(43,44)46-2-8-12(34)14(36)20(48-8)32-6-30-10-16(24)26-4-28-18(10)32;;;;/h3-8,11-14,19-21,33-36H,1-2H2,(H,37,38)(H,39,40)(H,41,42)(H,43,44)(H2,23,25,27)(H2,24,26,28);;;;/q;4*+1/p-4/t7-,8-,11-,12-,13-,14-,19-,20-;;;;/m1..../s1. The number of fused-ring (bicyclic) bond motifs is 2. The Bertz CT molecular complexity index is 2100. The van der Waals surface area contributed by atoms with Crippen molar-refractivity contribution in [1.29, 1.82) is 0 Å². The van der Waals surface area contributed by atoms with Gasteiger partial charge in [0.2, 0.25) is 5.65 Å². The maximum Gasteiger partial charge on any atom is 1.00 e. The number of aliphatic hydroxyl groups excluding tert-OH is 4. The summed E-state index contributed by atoms with van der Waals surface area (Å²) in [6.07, 6.45) is -9.61. The molecule has 28 nitrogen and oxygen atoms in total. The van der Waals surface area contributed by atoms with Gasteiger partial charge in [0.1, 0.15) is 60.3 Å². The first-order chi connectivity index (χ1) is 25.1. The summed E-state index contributed by atoms with van der Waals surface area (Å²) in [7, 11) is -26.3. The van der Waals surface area contributed by atoms with Crippen LogP contribution in [0.5, 0.6) is 0 Å². The van der Waals surface area contributed by atoms with Crippen molar-refractivity contribution in [2.75, 3.05) is 24.7 Å². The molecular weight excluding hydrogens is 915 g/mol. The Kier molecular flexibility index (Phi) is 20.3. The molecule has 0 spiro atoms. The average molecular weight is 940 g/mol. The van der Waals surface area contributed by atoms with E-state index in [0.29, 0.717) is 0 Å². The van der Waals surface area contributed by atoms with E-state index in [4.69, 9.17) is 20.9 Å². The number of nitrogen functional groups attached to an aromatic ring is 2. The van der Waals surface area contributed by atoms with Gasteiger partial charge in [-0.1, -0.05) is 0 Å². The summed E-state index contributed by atoms with van der Waals surface area (Å²) in [5.74, 6) is -0.112. The molecule has 2 aliphatic heterocycles. The predicted octanol–water partition coefficient (Wildman–Crippen LogP) is -16.6. The molecule has 12 atom stereocenters. The molecule has 58 heavy (non-hydrogen) atoms. The Hall–Kier alpha value is 0.990. The van der Waals surface area contributed by atoms with Crippen molar-refractivity contribution in [2.45, 2.75) is 54.7 Å². The van der Waals surface area contributed by atoms with Crippen LogP contribution in [0.2, 0.25) is 0 Å². The van der Waals surface area contributed by atoms with Crippen LogP contribution in [-0.2, 0) is 45.4 Å². The number of aliphatic hydroxyl groups is 4. The van der Waals surface area contributed by atoms with E-state index in [0.717, 1.165) is 34.4 Å². The third kappa shape index (κ3) is 11.8. The minimum atomic E-state index is -6.85. The summed E-state index contributed by atoms with van der Waals surface area (Å²) in [4.78, 5) is 72.3. The summed E-state index contributed by atoms with van der Waals surface area (Å²) < 4.78 is 92.7. The van der Waals surface area contributed by atoms with Crippen molar-refractivity contribution >= 4 is 64.8 Å². The van der Waals surface area contributed by atoms with Gasteiger partial charge in [0.05, 0.1) is 25.9 Å². The molecule has 6 rings (SSSR count). The van der Waals surface area contributed by atoms with Gasteiger partial charge < -0.3 is 79.1 Å². The van der Waals surface area contributed by atoms with Gasteiger partial charge in [-0.3, -0.25) is 26.9 Å². The molecular formula is C21H25FN10Na4O18P4. The first kappa shape index (κ1) is 55.1. The number of nitrogens with zero attached hydrogens (tertiary/aromatic N) is 8. The van der Waals surface area contributed by atoms with E-state index in [9.17, 15) is 62.7 Å². The summed E-state index contributed by atoms with van der Waals surface area (Å²) in [6, 6.07) is 0. The Morgan fingerprint density at radius 1 is 0.655 bits per heavy atom. The number of phosphoric acid groups is 2. The molecule has 298 valence electrons. The molecule has 0 aliphatic carbocycles. The normalized spacial score (nSPS) is 29.1. The second kappa shape index (κ2) is 21.3. The van der Waals surface area contributed by atoms with Gasteiger partial charge >= 0.3 is 118 Å². The van der Waals surface area contributed by atoms with Crippen LogP contribution in [0.3, 0.4) is 0 Å². The van der Waals surface area contributed by atoms with E-state index >= 15 is 0 Å². The number of alkyl halides is 1. The quantitative estimate of drug-likeness (QED) is 0.0505. The number of rotatable bonds is 14. The molecule has 8 N–H and O–H groups in total. The number of imidazole rings is 2. The number of hydrogen-bond donors (Lipinski definition) is 6. The molecule has 6 heterocycles. The van der Waals surface area contributed by atoms with E-state index in [1.807, 2.05) is 0 Å². The van der Waals surface area contributed by atoms with Crippen molar-refractivity contribution < 1.29 is 208 Å². The van der Waals surface area contributed by atoms with Crippen molar-refractivity contribution in [3.63, 3.8) is 0 Å². The molecule has 0 amide bonds. The molecule has 4 aromatic heterocycles. The van der Waals surface area contributed by atoms with Crippen LogP contribution < -0.4 is 149 Å². The first-order valence-corrected chi connectivity index (χ1v) is 20.8. The van der Waals surface area contributed by atoms with Gasteiger partial charge in [0.25, 0.3) is 15.6 Å². The smallest absolute Gasteiger partial charge is 0.776 e. The fourth-order valence-corrected chi connectivity index (χ4v) is 11.2. The average Bonchev–Trinajstić information content (AvgIpc) is 3.84. The number of anilines is 2. The molecule has 0 saturated carbocycles. The Morgan fingerprint density at radius 2 is 1.00 bits per heavy atom. The zero-order chi connectivity index (χ0) is 39.5. The third-order valence-electron chi connectivity index (χ3n) is 7.74. The van der Waals surface area contributed by atoms with E-state index in [1.54, 1.807) is 0 Å². The second-order valence-electron chi connectivity index (χ2n) is 11.3. The predicted molar refractivity (Wildman–Crippen MR) is 161 cm³/mol. The molecule has 0 bridgehead atoms. The molecule has 4 aromatic rings. The van der Waals surface area contributed by atoms with Gasteiger partial charge in [-0.05, 0) is 0 Å². The maximum atomic E-state index is 14.8. The van der Waals surface area contributed by atoms with E-state index in [1.165, 1.54) is 0 Å². The largest absolute Gasteiger partial charge is 1.00 e. The molecule has 2 fully saturated rings. The fourth-order valence-electron chi connectivity index (χ4n) is 5.21. The summed E-state index contributed by atoms with van der Waals surface area (Å²) >= 11 is 0. The van der Waals surface area contributed by atoms with Gasteiger partial charge in [-0.25, -0.2) is 34.3 Å². The van der Waals surface area contributed by atoms with Crippen LogP contribution >= 0.6 is 30.8 Å². The number of hydrogen-bond acceptors (Lipinski definition) is 26. The van der Waals surface area contributed by atoms with Gasteiger partial charge in [-0.15, -0.1) is 0 Å². The molecule has 2 aliphatic rings. The van der Waals surface area contributed by atoms with Crippen LogP contribution in [-0.4, -0.2) is 115 Å². The zero-order valence-corrected chi connectivity index (χ0v) is 41.9. The Labute approximate surface area is 412 Å². The Balaban J connectivity index is 0.00000290. The van der Waals surface area contributed by atoms with Crippen molar-refractivity contribution in [3.05, 3.63) is 25.3 Å². The topological polar surface area (TPSA) is 436 Å². The SMILES string of the molecule is Nc1ncnc2c1ncn2[C@@H]1O[C@H](COP(=O)([O-])OP(=O)([O-])C(F)P(=O)([O-])OP(=O)([O-])OC[C@H]2O[C@@H](n3cnc4c(N)ncnc43)[C@H](O)[C@@H]2O)[C@@H](O)[C@H]1O.[Na+].[Na+].[Na+].[Na+]. The molecule has 37 heteroatoms. The minimum Gasteiger partial charge on any atom is -0.776 e. The third-order valence-corrected chi connectivity index (χ3v) is 14.8. The zero-order valence-electron chi connectivity index (χ0n) is 30.3. The molecule has 0 radical (unpaired) electrons. The van der Waals surface area contributed by atoms with E-state index in [2.05, 4.69) is 47.6 Å². The van der Waals surface area contributed by atoms with E-state index in [-0.39, 0.29) is 152 Å². The van der Waals surface area contributed by atoms with Gasteiger partial charge in [0, 0.05) is 0 Å². The fraction of sp³-hybridized carbons (Fsp3) is 0.524. The monoisotopic (exact) mass is 940 g/mol. The van der Waals surface area contributed by atoms with E-state index < -0.39 is 98.8 Å². The molecule has 2 saturated heterocycles. The number of phosphoric ester groups is 2. The van der Waals surface area contributed by atoms with Gasteiger partial charge in [0.15, 0.2) is 50.6 Å². The Morgan fingerprint density at radius 3 is 1.34 bits per heavy atom. The molecule has 0 aromatic carbocycles. The molecule has 4 unspecified atom stereocenters. The van der Waals surface area contributed by atoms with Crippen LogP contribution in [0.15, 0.2) is 25.3 Å². The van der Waals surface area contributed by atoms with Crippen LogP contribution in [0, 0.1) is 0 Å². The van der Waals surface area contributed by atoms with Crippen LogP contribution in [0.1, 0.15) is 12.5 Å². The first-order valence-electron chi connectivity index (χ1n) is 14.6.